The van der Waals surface area contributed by atoms with Crippen LogP contribution in [0.1, 0.15) is 35.2 Å². The van der Waals surface area contributed by atoms with E-state index in [1.165, 1.54) is 0 Å². The number of carbonyl (C=O) groups excluding carboxylic acids is 2. The van der Waals surface area contributed by atoms with Crippen LogP contribution in [0.4, 0.5) is 0 Å². The van der Waals surface area contributed by atoms with Gasteiger partial charge in [0.1, 0.15) is 22.8 Å². The smallest absolute Gasteiger partial charge is 0.254 e. The summed E-state index contributed by atoms with van der Waals surface area (Å²) in [5.41, 5.74) is 6.67. The number of pyridine rings is 1. The Morgan fingerprint density at radius 2 is 1.70 bits per heavy atom. The Bertz CT molecular complexity index is 1160. The number of ether oxygens (including phenoxy) is 2. The second kappa shape index (κ2) is 9.99. The van der Waals surface area contributed by atoms with E-state index in [0.29, 0.717) is 24.6 Å². The van der Waals surface area contributed by atoms with Crippen molar-refractivity contribution >= 4 is 11.8 Å². The summed E-state index contributed by atoms with van der Waals surface area (Å²) in [5, 5.41) is 0. The minimum Gasteiger partial charge on any atom is -0.457 e. The van der Waals surface area contributed by atoms with Crippen molar-refractivity contribution in [3.05, 3.63) is 90.1 Å². The molecule has 0 bridgehead atoms. The minimum atomic E-state index is -0.622. The van der Waals surface area contributed by atoms with Crippen LogP contribution < -0.4 is 15.2 Å². The van der Waals surface area contributed by atoms with Crippen molar-refractivity contribution in [2.24, 2.45) is 5.73 Å². The summed E-state index contributed by atoms with van der Waals surface area (Å²) in [7, 11) is 0. The molecular weight excluding hydrogens is 418 g/mol. The van der Waals surface area contributed by atoms with Gasteiger partial charge < -0.3 is 20.1 Å². The van der Waals surface area contributed by atoms with Crippen LogP contribution in [0.2, 0.25) is 0 Å². The summed E-state index contributed by atoms with van der Waals surface area (Å²) in [6, 6.07) is 18.2. The molecule has 1 aromatic heterocycles. The quantitative estimate of drug-likeness (QED) is 0.536. The number of para-hydroxylation sites is 1. The highest BCUT2D eigenvalue weighted by molar-refractivity contribution is 5.95. The molecule has 168 valence electrons. The third-order valence-corrected chi connectivity index (χ3v) is 5.44. The highest BCUT2D eigenvalue weighted by Crippen LogP contribution is 2.32. The third-order valence-electron chi connectivity index (χ3n) is 5.44. The van der Waals surface area contributed by atoms with Crippen LogP contribution in [0.15, 0.2) is 79.0 Å². The van der Waals surface area contributed by atoms with Gasteiger partial charge in [-0.3, -0.25) is 9.59 Å². The lowest BCUT2D eigenvalue weighted by atomic mass is 9.98. The van der Waals surface area contributed by atoms with Crippen molar-refractivity contribution in [2.45, 2.75) is 19.3 Å². The molecule has 2 amide bonds. The maximum absolute atomic E-state index is 12.1. The zero-order valence-corrected chi connectivity index (χ0v) is 18.3. The topological polar surface area (TPSA) is 94.8 Å². The number of likely N-dealkylation sites (tertiary alicyclic amines) is 1. The summed E-state index contributed by atoms with van der Waals surface area (Å²) in [4.78, 5) is 30.4. The molecule has 7 heteroatoms. The first-order valence-electron chi connectivity index (χ1n) is 10.8. The SMILES string of the molecule is C/C=C/C(=O)N1CCC(c2cnc(Oc3ccc(Oc4ccccc4)cc3)c(C(N)=O)c2)C1. The fourth-order valence-electron chi connectivity index (χ4n) is 3.74. The number of primary amides is 1. The molecule has 3 aromatic rings. The molecular formula is C26H25N3O4. The number of nitrogens with zero attached hydrogens (tertiary/aromatic N) is 2. The predicted molar refractivity (Wildman–Crippen MR) is 125 cm³/mol. The van der Waals surface area contributed by atoms with Crippen LogP contribution in [0.3, 0.4) is 0 Å². The number of hydrogen-bond acceptors (Lipinski definition) is 5. The molecule has 1 saturated heterocycles. The maximum atomic E-state index is 12.1. The number of benzene rings is 2. The summed E-state index contributed by atoms with van der Waals surface area (Å²) in [6.07, 6.45) is 5.77. The molecule has 0 radical (unpaired) electrons. The third kappa shape index (κ3) is 5.38. The Labute approximate surface area is 192 Å². The van der Waals surface area contributed by atoms with Crippen LogP contribution in [0.5, 0.6) is 23.1 Å². The van der Waals surface area contributed by atoms with Gasteiger partial charge in [0, 0.05) is 25.2 Å². The predicted octanol–water partition coefficient (Wildman–Crippen LogP) is 4.66. The van der Waals surface area contributed by atoms with E-state index in [1.807, 2.05) is 37.3 Å². The Kier molecular flexibility index (Phi) is 6.69. The average molecular weight is 444 g/mol. The van der Waals surface area contributed by atoms with E-state index in [-0.39, 0.29) is 23.3 Å². The molecule has 0 spiro atoms. The van der Waals surface area contributed by atoms with E-state index in [2.05, 4.69) is 4.98 Å². The fraction of sp³-hybridized carbons (Fsp3) is 0.192. The molecule has 1 fully saturated rings. The summed E-state index contributed by atoms with van der Waals surface area (Å²) in [6.45, 7) is 3.05. The molecule has 1 aliphatic heterocycles. The lowest BCUT2D eigenvalue weighted by Crippen LogP contribution is -2.26. The normalized spacial score (nSPS) is 15.5. The van der Waals surface area contributed by atoms with E-state index < -0.39 is 5.91 Å². The lowest BCUT2D eigenvalue weighted by molar-refractivity contribution is -0.125. The Hall–Kier alpha value is -4.13. The minimum absolute atomic E-state index is 0.0114. The molecule has 7 nitrogen and oxygen atoms in total. The monoisotopic (exact) mass is 443 g/mol. The van der Waals surface area contributed by atoms with Gasteiger partial charge in [-0.2, -0.15) is 0 Å². The second-order valence-corrected chi connectivity index (χ2v) is 7.74. The van der Waals surface area contributed by atoms with Gasteiger partial charge in [-0.05, 0) is 67.4 Å². The van der Waals surface area contributed by atoms with Gasteiger partial charge in [0.15, 0.2) is 0 Å². The van der Waals surface area contributed by atoms with Crippen LogP contribution in [-0.4, -0.2) is 34.8 Å². The largest absolute Gasteiger partial charge is 0.457 e. The average Bonchev–Trinajstić information content (AvgIpc) is 3.32. The van der Waals surface area contributed by atoms with Crippen molar-refractivity contribution in [1.29, 1.82) is 0 Å². The van der Waals surface area contributed by atoms with Crippen molar-refractivity contribution in [2.75, 3.05) is 13.1 Å². The molecule has 0 aliphatic carbocycles. The number of nitrogens with two attached hydrogens (primary N) is 1. The van der Waals surface area contributed by atoms with Crippen molar-refractivity contribution in [3.63, 3.8) is 0 Å². The molecule has 2 aromatic carbocycles. The standard InChI is InChI=1S/C26H25N3O4/c1-2-6-24(30)29-14-13-18(17-29)19-15-23(25(27)31)26(28-16-19)33-22-11-9-21(10-12-22)32-20-7-4-3-5-8-20/h2-12,15-16,18H,13-14,17H2,1H3,(H2,27,31)/b6-2+. The van der Waals surface area contributed by atoms with Crippen LogP contribution in [-0.2, 0) is 4.79 Å². The zero-order valence-electron chi connectivity index (χ0n) is 18.3. The molecule has 4 rings (SSSR count). The first-order chi connectivity index (χ1) is 16.0. The first kappa shape index (κ1) is 22.1. The van der Waals surface area contributed by atoms with E-state index in [4.69, 9.17) is 15.2 Å². The number of allylic oxidation sites excluding steroid dienone is 1. The molecule has 0 saturated carbocycles. The zero-order chi connectivity index (χ0) is 23.2. The van der Waals surface area contributed by atoms with Gasteiger partial charge in [0.05, 0.1) is 0 Å². The highest BCUT2D eigenvalue weighted by atomic mass is 16.5. The lowest BCUT2D eigenvalue weighted by Gasteiger charge is -2.16. The van der Waals surface area contributed by atoms with E-state index in [9.17, 15) is 9.59 Å². The molecule has 1 aliphatic rings. The molecule has 33 heavy (non-hydrogen) atoms. The van der Waals surface area contributed by atoms with Crippen LogP contribution >= 0.6 is 0 Å². The first-order valence-corrected chi connectivity index (χ1v) is 10.8. The summed E-state index contributed by atoms with van der Waals surface area (Å²) in [5.74, 6) is 1.49. The van der Waals surface area contributed by atoms with Crippen molar-refractivity contribution in [1.82, 2.24) is 9.88 Å². The van der Waals surface area contributed by atoms with E-state index in [0.717, 1.165) is 17.7 Å². The molecule has 1 atom stereocenters. The Balaban J connectivity index is 1.47. The molecule has 1 unspecified atom stereocenters. The summed E-state index contributed by atoms with van der Waals surface area (Å²) < 4.78 is 11.6. The van der Waals surface area contributed by atoms with Gasteiger partial charge >= 0.3 is 0 Å². The molecule has 2 heterocycles. The number of aromatic nitrogens is 1. The second-order valence-electron chi connectivity index (χ2n) is 7.74. The van der Waals surface area contributed by atoms with Crippen LogP contribution in [0, 0.1) is 0 Å². The maximum Gasteiger partial charge on any atom is 0.254 e. The molecule has 2 N–H and O–H groups in total. The van der Waals surface area contributed by atoms with E-state index in [1.54, 1.807) is 53.6 Å². The Morgan fingerprint density at radius 1 is 1.03 bits per heavy atom. The highest BCUT2D eigenvalue weighted by Gasteiger charge is 2.27. The van der Waals surface area contributed by atoms with Gasteiger partial charge in [-0.25, -0.2) is 4.98 Å². The fourth-order valence-corrected chi connectivity index (χ4v) is 3.74. The van der Waals surface area contributed by atoms with Crippen molar-refractivity contribution < 1.29 is 19.1 Å². The number of amides is 2. The van der Waals surface area contributed by atoms with E-state index >= 15 is 0 Å². The number of carbonyl (C=O) groups is 2. The Morgan fingerprint density at radius 3 is 2.36 bits per heavy atom. The summed E-state index contributed by atoms with van der Waals surface area (Å²) >= 11 is 0. The van der Waals surface area contributed by atoms with Crippen molar-refractivity contribution in [3.8, 4) is 23.1 Å². The van der Waals surface area contributed by atoms with Gasteiger partial charge in [0.2, 0.25) is 11.8 Å². The van der Waals surface area contributed by atoms with Crippen LogP contribution in [0.25, 0.3) is 0 Å². The van der Waals surface area contributed by atoms with Gasteiger partial charge in [-0.15, -0.1) is 0 Å². The van der Waals surface area contributed by atoms with Gasteiger partial charge in [-0.1, -0.05) is 24.3 Å². The van der Waals surface area contributed by atoms with Gasteiger partial charge in [0.25, 0.3) is 5.91 Å². The number of hydrogen-bond donors (Lipinski definition) is 1. The number of rotatable bonds is 7.